The van der Waals surface area contributed by atoms with Crippen LogP contribution in [-0.4, -0.2) is 55.6 Å². The highest BCUT2D eigenvalue weighted by atomic mass is 16.5. The van der Waals surface area contributed by atoms with Crippen LogP contribution in [0.1, 0.15) is 48.9 Å². The van der Waals surface area contributed by atoms with Gasteiger partial charge in [0.25, 0.3) is 5.91 Å². The van der Waals surface area contributed by atoms with Crippen LogP contribution in [0, 0.1) is 0 Å². The molecule has 6 heteroatoms. The molecule has 1 atom stereocenters. The monoisotopic (exact) mass is 359 g/mol. The summed E-state index contributed by atoms with van der Waals surface area (Å²) in [5.41, 5.74) is 1.39. The molecular weight excluding hydrogens is 330 g/mol. The van der Waals surface area contributed by atoms with Gasteiger partial charge in [0, 0.05) is 37.5 Å². The van der Waals surface area contributed by atoms with Crippen LogP contribution in [0.15, 0.2) is 24.3 Å². The zero-order valence-electron chi connectivity index (χ0n) is 15.3. The first-order valence-electron chi connectivity index (χ1n) is 9.74. The Labute approximate surface area is 155 Å². The van der Waals surface area contributed by atoms with Crippen molar-refractivity contribution in [1.29, 1.82) is 0 Å². The topological polar surface area (TPSA) is 70.7 Å². The van der Waals surface area contributed by atoms with Crippen molar-refractivity contribution in [3.05, 3.63) is 29.8 Å². The maximum Gasteiger partial charge on any atom is 0.253 e. The molecule has 0 aromatic heterocycles. The molecule has 0 saturated carbocycles. The molecule has 2 amide bonds. The van der Waals surface area contributed by atoms with Crippen LogP contribution in [0.3, 0.4) is 0 Å². The Morgan fingerprint density at radius 1 is 1.04 bits per heavy atom. The highest BCUT2D eigenvalue weighted by Crippen LogP contribution is 2.15. The minimum Gasteiger partial charge on any atom is -0.377 e. The molecular formula is C20H29N3O3. The number of rotatable bonds is 6. The zero-order valence-corrected chi connectivity index (χ0v) is 15.3. The molecule has 142 valence electrons. The first-order chi connectivity index (χ1) is 12.7. The number of ether oxygens (including phenoxy) is 1. The molecule has 2 fully saturated rings. The summed E-state index contributed by atoms with van der Waals surface area (Å²) in [4.78, 5) is 26.5. The van der Waals surface area contributed by atoms with Gasteiger partial charge < -0.3 is 20.3 Å². The Morgan fingerprint density at radius 2 is 1.77 bits per heavy atom. The summed E-state index contributed by atoms with van der Waals surface area (Å²) < 4.78 is 5.52. The van der Waals surface area contributed by atoms with E-state index in [1.165, 1.54) is 12.8 Å². The number of likely N-dealkylation sites (tertiary alicyclic amines) is 1. The van der Waals surface area contributed by atoms with E-state index in [1.54, 1.807) is 24.3 Å². The van der Waals surface area contributed by atoms with Gasteiger partial charge in [0.1, 0.15) is 0 Å². The average molecular weight is 359 g/mol. The van der Waals surface area contributed by atoms with Crippen LogP contribution >= 0.6 is 0 Å². The number of nitrogens with one attached hydrogen (secondary N) is 2. The van der Waals surface area contributed by atoms with E-state index in [9.17, 15) is 9.59 Å². The molecule has 2 N–H and O–H groups in total. The van der Waals surface area contributed by atoms with Crippen LogP contribution in [0.5, 0.6) is 0 Å². The second-order valence-corrected chi connectivity index (χ2v) is 7.10. The fourth-order valence-electron chi connectivity index (χ4n) is 3.51. The number of carbonyl (C=O) groups excluding carboxylic acids is 2. The number of hydrogen-bond acceptors (Lipinski definition) is 4. The van der Waals surface area contributed by atoms with Crippen molar-refractivity contribution in [1.82, 2.24) is 10.2 Å². The molecule has 0 spiro atoms. The Kier molecular flexibility index (Phi) is 7.03. The number of benzene rings is 1. The third-order valence-corrected chi connectivity index (χ3v) is 4.99. The first kappa shape index (κ1) is 18.9. The highest BCUT2D eigenvalue weighted by Gasteiger charge is 2.17. The van der Waals surface area contributed by atoms with Crippen LogP contribution in [0.25, 0.3) is 0 Å². The predicted molar refractivity (Wildman–Crippen MR) is 101 cm³/mol. The standard InChI is InChI=1S/C20H29N3O3/c24-19(15-21-14-18-6-5-13-26-18)22-17-9-7-16(8-10-17)20(25)23-11-3-1-2-4-12-23/h7-10,18,21H,1-6,11-15H2,(H,22,24)/t18-/m1/s1. The zero-order chi connectivity index (χ0) is 18.2. The van der Waals surface area contributed by atoms with Crippen molar-refractivity contribution >= 4 is 17.5 Å². The smallest absolute Gasteiger partial charge is 0.253 e. The molecule has 0 aliphatic carbocycles. The molecule has 26 heavy (non-hydrogen) atoms. The van der Waals surface area contributed by atoms with Crippen molar-refractivity contribution in [2.75, 3.05) is 38.1 Å². The summed E-state index contributed by atoms with van der Waals surface area (Å²) in [6.45, 7) is 3.47. The molecule has 1 aromatic rings. The van der Waals surface area contributed by atoms with E-state index in [-0.39, 0.29) is 24.5 Å². The van der Waals surface area contributed by atoms with E-state index in [2.05, 4.69) is 10.6 Å². The van der Waals surface area contributed by atoms with Gasteiger partial charge in [0.2, 0.25) is 5.91 Å². The van der Waals surface area contributed by atoms with Crippen molar-refractivity contribution in [3.63, 3.8) is 0 Å². The molecule has 0 radical (unpaired) electrons. The Morgan fingerprint density at radius 3 is 2.42 bits per heavy atom. The van der Waals surface area contributed by atoms with Crippen molar-refractivity contribution in [2.24, 2.45) is 0 Å². The van der Waals surface area contributed by atoms with E-state index >= 15 is 0 Å². The molecule has 2 aliphatic rings. The Bertz CT molecular complexity index is 589. The van der Waals surface area contributed by atoms with Crippen molar-refractivity contribution in [3.8, 4) is 0 Å². The van der Waals surface area contributed by atoms with Gasteiger partial charge in [-0.15, -0.1) is 0 Å². The number of anilines is 1. The lowest BCUT2D eigenvalue weighted by Crippen LogP contribution is -2.33. The maximum absolute atomic E-state index is 12.6. The van der Waals surface area contributed by atoms with E-state index in [1.807, 2.05) is 4.90 Å². The quantitative estimate of drug-likeness (QED) is 0.818. The molecule has 3 rings (SSSR count). The normalized spacial score (nSPS) is 20.6. The SMILES string of the molecule is O=C(CNC[C@H]1CCCO1)Nc1ccc(C(=O)N2CCCCCC2)cc1. The van der Waals surface area contributed by atoms with Crippen LogP contribution in [-0.2, 0) is 9.53 Å². The average Bonchev–Trinajstić information content (AvgIpc) is 3.02. The van der Waals surface area contributed by atoms with Gasteiger partial charge in [-0.3, -0.25) is 9.59 Å². The summed E-state index contributed by atoms with van der Waals surface area (Å²) >= 11 is 0. The molecule has 1 aromatic carbocycles. The van der Waals surface area contributed by atoms with Gasteiger partial charge in [-0.25, -0.2) is 0 Å². The molecule has 2 saturated heterocycles. The highest BCUT2D eigenvalue weighted by molar-refractivity contribution is 5.96. The van der Waals surface area contributed by atoms with E-state index in [0.29, 0.717) is 17.8 Å². The lowest BCUT2D eigenvalue weighted by molar-refractivity contribution is -0.115. The van der Waals surface area contributed by atoms with Crippen molar-refractivity contribution < 1.29 is 14.3 Å². The fraction of sp³-hybridized carbons (Fsp3) is 0.600. The molecule has 0 bridgehead atoms. The van der Waals surface area contributed by atoms with Crippen molar-refractivity contribution in [2.45, 2.75) is 44.6 Å². The van der Waals surface area contributed by atoms with Gasteiger partial charge in [-0.05, 0) is 49.9 Å². The summed E-state index contributed by atoms with van der Waals surface area (Å²) in [5.74, 6) is -0.00222. The van der Waals surface area contributed by atoms with E-state index in [0.717, 1.165) is 45.4 Å². The third kappa shape index (κ3) is 5.54. The maximum atomic E-state index is 12.6. The molecule has 6 nitrogen and oxygen atoms in total. The van der Waals surface area contributed by atoms with Crippen LogP contribution < -0.4 is 10.6 Å². The summed E-state index contributed by atoms with van der Waals surface area (Å²) in [6.07, 6.45) is 6.96. The second-order valence-electron chi connectivity index (χ2n) is 7.10. The summed E-state index contributed by atoms with van der Waals surface area (Å²) in [6, 6.07) is 7.18. The van der Waals surface area contributed by atoms with E-state index in [4.69, 9.17) is 4.74 Å². The second kappa shape index (κ2) is 9.69. The number of nitrogens with zero attached hydrogens (tertiary/aromatic N) is 1. The van der Waals surface area contributed by atoms with Crippen LogP contribution in [0.4, 0.5) is 5.69 Å². The number of amides is 2. The predicted octanol–water partition coefficient (Wildman–Crippen LogP) is 2.41. The lowest BCUT2D eigenvalue weighted by atomic mass is 10.1. The molecule has 2 heterocycles. The largest absolute Gasteiger partial charge is 0.377 e. The van der Waals surface area contributed by atoms with Crippen LogP contribution in [0.2, 0.25) is 0 Å². The first-order valence-corrected chi connectivity index (χ1v) is 9.74. The van der Waals surface area contributed by atoms with Gasteiger partial charge in [-0.1, -0.05) is 12.8 Å². The Hall–Kier alpha value is -1.92. The van der Waals surface area contributed by atoms with Gasteiger partial charge in [0.05, 0.1) is 12.6 Å². The lowest BCUT2D eigenvalue weighted by Gasteiger charge is -2.20. The van der Waals surface area contributed by atoms with Gasteiger partial charge in [-0.2, -0.15) is 0 Å². The summed E-state index contributed by atoms with van der Waals surface area (Å²) in [7, 11) is 0. The van der Waals surface area contributed by atoms with E-state index < -0.39 is 0 Å². The molecule has 0 unspecified atom stereocenters. The molecule has 2 aliphatic heterocycles. The minimum atomic E-state index is -0.0883. The van der Waals surface area contributed by atoms with Gasteiger partial charge >= 0.3 is 0 Å². The minimum absolute atomic E-state index is 0.0861. The van der Waals surface area contributed by atoms with Gasteiger partial charge in [0.15, 0.2) is 0 Å². The Balaban J connectivity index is 1.44. The number of hydrogen-bond donors (Lipinski definition) is 2. The third-order valence-electron chi connectivity index (χ3n) is 4.99. The summed E-state index contributed by atoms with van der Waals surface area (Å²) in [5, 5.41) is 5.98. The number of carbonyl (C=O) groups is 2. The fourth-order valence-corrected chi connectivity index (χ4v) is 3.51.